The summed E-state index contributed by atoms with van der Waals surface area (Å²) in [5.74, 6) is 0.188. The van der Waals surface area contributed by atoms with Crippen molar-refractivity contribution in [3.05, 3.63) is 34.9 Å². The molecule has 2 aliphatic heterocycles. The molecule has 2 N–H and O–H groups in total. The highest BCUT2D eigenvalue weighted by Gasteiger charge is 2.23. The number of aliphatic hydroxyl groups excluding tert-OH is 1. The molecule has 1 aromatic heterocycles. The smallest absolute Gasteiger partial charge is 0.261 e. The number of carbonyl (C=O) groups is 1. The van der Waals surface area contributed by atoms with Crippen LogP contribution in [0.1, 0.15) is 25.7 Å². The number of carbonyl (C=O) groups excluding carboxylic acids is 1. The Labute approximate surface area is 170 Å². The molecule has 0 saturated carbocycles. The number of aliphatic hydroxyl groups is 1. The van der Waals surface area contributed by atoms with Gasteiger partial charge in [0, 0.05) is 50.9 Å². The van der Waals surface area contributed by atoms with Gasteiger partial charge < -0.3 is 15.3 Å². The molecule has 2 fully saturated rings. The van der Waals surface area contributed by atoms with Crippen molar-refractivity contribution in [1.82, 2.24) is 19.8 Å². The lowest BCUT2D eigenvalue weighted by Crippen LogP contribution is -2.51. The minimum absolute atomic E-state index is 0.0833. The molecule has 0 radical (unpaired) electrons. The lowest BCUT2D eigenvalue weighted by Gasteiger charge is -2.37. The van der Waals surface area contributed by atoms with Gasteiger partial charge in [0.1, 0.15) is 0 Å². The quantitative estimate of drug-likeness (QED) is 0.764. The van der Waals surface area contributed by atoms with E-state index in [-0.39, 0.29) is 30.7 Å². The summed E-state index contributed by atoms with van der Waals surface area (Å²) >= 11 is 0. The fourth-order valence-corrected chi connectivity index (χ4v) is 4.30. The Morgan fingerprint density at radius 3 is 2.76 bits per heavy atom. The third-order valence-electron chi connectivity index (χ3n) is 5.94. The van der Waals surface area contributed by atoms with Crippen LogP contribution >= 0.6 is 0 Å². The van der Waals surface area contributed by atoms with Gasteiger partial charge >= 0.3 is 0 Å². The molecule has 2 saturated heterocycles. The van der Waals surface area contributed by atoms with E-state index in [2.05, 4.69) is 20.1 Å². The SMILES string of the molecule is O=C1CCCCC(CN2CCN(c3ccc4c(=O)n(CCO)cnc4c3)CC2)N1. The Hall–Kier alpha value is -2.45. The first-order valence-electron chi connectivity index (χ1n) is 10.5. The highest BCUT2D eigenvalue weighted by molar-refractivity contribution is 5.81. The minimum atomic E-state index is -0.120. The van der Waals surface area contributed by atoms with Crippen molar-refractivity contribution in [2.45, 2.75) is 38.3 Å². The average Bonchev–Trinajstić information content (AvgIpc) is 2.94. The van der Waals surface area contributed by atoms with Crippen LogP contribution in [-0.2, 0) is 11.3 Å². The van der Waals surface area contributed by atoms with E-state index in [1.165, 1.54) is 10.9 Å². The highest BCUT2D eigenvalue weighted by atomic mass is 16.3. The first-order valence-corrected chi connectivity index (χ1v) is 10.5. The largest absolute Gasteiger partial charge is 0.395 e. The maximum atomic E-state index is 12.4. The topological polar surface area (TPSA) is 90.7 Å². The van der Waals surface area contributed by atoms with Gasteiger partial charge in [0.25, 0.3) is 5.56 Å². The number of amides is 1. The van der Waals surface area contributed by atoms with Crippen LogP contribution in [0.15, 0.2) is 29.3 Å². The molecule has 2 aliphatic rings. The van der Waals surface area contributed by atoms with Crippen LogP contribution in [0.4, 0.5) is 5.69 Å². The Morgan fingerprint density at radius 1 is 1.14 bits per heavy atom. The summed E-state index contributed by atoms with van der Waals surface area (Å²) in [6.07, 6.45) is 5.34. The molecule has 156 valence electrons. The summed E-state index contributed by atoms with van der Waals surface area (Å²) in [6, 6.07) is 6.06. The Morgan fingerprint density at radius 2 is 1.97 bits per heavy atom. The van der Waals surface area contributed by atoms with Gasteiger partial charge in [-0.25, -0.2) is 4.98 Å². The van der Waals surface area contributed by atoms with E-state index in [1.807, 2.05) is 18.2 Å². The minimum Gasteiger partial charge on any atom is -0.395 e. The first kappa shape index (κ1) is 19.8. The fourth-order valence-electron chi connectivity index (χ4n) is 4.30. The number of hydrogen-bond donors (Lipinski definition) is 2. The maximum Gasteiger partial charge on any atom is 0.261 e. The summed E-state index contributed by atoms with van der Waals surface area (Å²) in [6.45, 7) is 4.82. The molecule has 3 heterocycles. The summed E-state index contributed by atoms with van der Waals surface area (Å²) in [5.41, 5.74) is 1.64. The van der Waals surface area contributed by atoms with Crippen LogP contribution < -0.4 is 15.8 Å². The van der Waals surface area contributed by atoms with Crippen LogP contribution in [0.3, 0.4) is 0 Å². The summed E-state index contributed by atoms with van der Waals surface area (Å²) in [7, 11) is 0. The second-order valence-electron chi connectivity index (χ2n) is 7.97. The summed E-state index contributed by atoms with van der Waals surface area (Å²) in [4.78, 5) is 33.4. The number of anilines is 1. The predicted octanol–water partition coefficient (Wildman–Crippen LogP) is 0.570. The number of rotatable bonds is 5. The number of aromatic nitrogens is 2. The van der Waals surface area contributed by atoms with E-state index in [9.17, 15) is 9.59 Å². The van der Waals surface area contributed by atoms with Crippen molar-refractivity contribution in [2.75, 3.05) is 44.2 Å². The van der Waals surface area contributed by atoms with Crippen LogP contribution in [0.25, 0.3) is 10.9 Å². The van der Waals surface area contributed by atoms with Crippen LogP contribution in [-0.4, -0.2) is 70.8 Å². The molecule has 1 aromatic carbocycles. The lowest BCUT2D eigenvalue weighted by molar-refractivity contribution is -0.121. The molecule has 8 nitrogen and oxygen atoms in total. The van der Waals surface area contributed by atoms with Gasteiger partial charge in [-0.2, -0.15) is 0 Å². The normalized spacial score (nSPS) is 21.2. The monoisotopic (exact) mass is 399 g/mol. The van der Waals surface area contributed by atoms with Crippen molar-refractivity contribution in [3.63, 3.8) is 0 Å². The Balaban J connectivity index is 1.39. The molecule has 2 aromatic rings. The van der Waals surface area contributed by atoms with Gasteiger partial charge in [-0.05, 0) is 31.0 Å². The van der Waals surface area contributed by atoms with Gasteiger partial charge in [-0.15, -0.1) is 0 Å². The maximum absolute atomic E-state index is 12.4. The molecule has 29 heavy (non-hydrogen) atoms. The summed E-state index contributed by atoms with van der Waals surface area (Å²) in [5, 5.41) is 12.8. The zero-order chi connectivity index (χ0) is 20.2. The van der Waals surface area contributed by atoms with Gasteiger partial charge in [0.05, 0.1) is 30.4 Å². The second kappa shape index (κ2) is 8.92. The molecular weight excluding hydrogens is 370 g/mol. The number of benzene rings is 1. The van der Waals surface area contributed by atoms with E-state index in [1.54, 1.807) is 0 Å². The van der Waals surface area contributed by atoms with Crippen molar-refractivity contribution < 1.29 is 9.90 Å². The van der Waals surface area contributed by atoms with Crippen LogP contribution in [0, 0.1) is 0 Å². The molecule has 1 amide bonds. The van der Waals surface area contributed by atoms with Gasteiger partial charge in [-0.3, -0.25) is 19.1 Å². The standard InChI is InChI=1S/C21H29N5O3/c27-12-11-26-15-22-19-13-17(5-6-18(19)21(26)29)25-9-7-24(8-10-25)14-16-3-1-2-4-20(28)23-16/h5-6,13,15-16,27H,1-4,7-12,14H2,(H,23,28). The second-order valence-corrected chi connectivity index (χ2v) is 7.97. The van der Waals surface area contributed by atoms with E-state index in [0.717, 1.165) is 57.7 Å². The highest BCUT2D eigenvalue weighted by Crippen LogP contribution is 2.21. The molecule has 0 spiro atoms. The van der Waals surface area contributed by atoms with E-state index in [4.69, 9.17) is 5.11 Å². The molecule has 1 unspecified atom stereocenters. The number of fused-ring (bicyclic) bond motifs is 1. The Kier molecular flexibility index (Phi) is 6.10. The first-order chi connectivity index (χ1) is 14.1. The van der Waals surface area contributed by atoms with Crippen LogP contribution in [0.5, 0.6) is 0 Å². The number of piperazine rings is 1. The van der Waals surface area contributed by atoms with Gasteiger partial charge in [0.2, 0.25) is 5.91 Å². The van der Waals surface area contributed by atoms with Crippen molar-refractivity contribution >= 4 is 22.5 Å². The predicted molar refractivity (Wildman–Crippen MR) is 112 cm³/mol. The van der Waals surface area contributed by atoms with E-state index < -0.39 is 0 Å². The Bertz CT molecular complexity index is 920. The van der Waals surface area contributed by atoms with Crippen molar-refractivity contribution in [1.29, 1.82) is 0 Å². The molecule has 0 bridgehead atoms. The van der Waals surface area contributed by atoms with Crippen molar-refractivity contribution in [2.24, 2.45) is 0 Å². The summed E-state index contributed by atoms with van der Waals surface area (Å²) < 4.78 is 1.44. The van der Waals surface area contributed by atoms with E-state index in [0.29, 0.717) is 17.3 Å². The van der Waals surface area contributed by atoms with Crippen LogP contribution in [0.2, 0.25) is 0 Å². The van der Waals surface area contributed by atoms with Gasteiger partial charge in [-0.1, -0.05) is 6.42 Å². The van der Waals surface area contributed by atoms with Gasteiger partial charge in [0.15, 0.2) is 0 Å². The third-order valence-corrected chi connectivity index (χ3v) is 5.94. The third kappa shape index (κ3) is 4.59. The average molecular weight is 399 g/mol. The molecule has 1 atom stereocenters. The zero-order valence-corrected chi connectivity index (χ0v) is 16.7. The van der Waals surface area contributed by atoms with E-state index >= 15 is 0 Å². The number of nitrogens with zero attached hydrogens (tertiary/aromatic N) is 4. The van der Waals surface area contributed by atoms with Crippen molar-refractivity contribution in [3.8, 4) is 0 Å². The zero-order valence-electron chi connectivity index (χ0n) is 16.7. The number of hydrogen-bond acceptors (Lipinski definition) is 6. The number of nitrogens with one attached hydrogen (secondary N) is 1. The molecule has 8 heteroatoms. The lowest BCUT2D eigenvalue weighted by atomic mass is 10.1. The molecule has 4 rings (SSSR count). The molecular formula is C21H29N5O3. The fraction of sp³-hybridized carbons (Fsp3) is 0.571. The molecule has 0 aliphatic carbocycles.